The number of anilines is 1. The number of hydrogen-bond acceptors (Lipinski definition) is 5. The molecule has 5 nitrogen and oxygen atoms in total. The smallest absolute Gasteiger partial charge is 0.314 e. The van der Waals surface area contributed by atoms with Crippen LogP contribution in [-0.2, 0) is 23.1 Å². The summed E-state index contributed by atoms with van der Waals surface area (Å²) in [6.07, 6.45) is 5.50. The lowest BCUT2D eigenvalue weighted by atomic mass is 9.88. The van der Waals surface area contributed by atoms with Crippen molar-refractivity contribution < 1.29 is 14.3 Å². The topological polar surface area (TPSA) is 75.1 Å². The molecule has 186 valence electrons. The second-order valence-electron chi connectivity index (χ2n) is 9.71. The molecule has 2 aromatic heterocycles. The first-order chi connectivity index (χ1) is 17.3. The summed E-state index contributed by atoms with van der Waals surface area (Å²) in [7, 11) is 0. The van der Waals surface area contributed by atoms with Crippen LogP contribution in [0.3, 0.4) is 0 Å². The molecule has 7 heteroatoms. The van der Waals surface area contributed by atoms with Gasteiger partial charge >= 0.3 is 5.97 Å². The molecule has 0 unspecified atom stereocenters. The highest BCUT2D eigenvalue weighted by molar-refractivity contribution is 7.19. The average Bonchev–Trinajstić information content (AvgIpc) is 3.60. The highest BCUT2D eigenvalue weighted by Crippen LogP contribution is 2.50. The van der Waals surface area contributed by atoms with Crippen LogP contribution in [0.1, 0.15) is 53.3 Å². The molecule has 2 heterocycles. The molecule has 1 fully saturated rings. The maximum atomic E-state index is 14.0. The number of carboxylic acids is 1. The van der Waals surface area contributed by atoms with Crippen molar-refractivity contribution in [1.82, 2.24) is 9.97 Å². The van der Waals surface area contributed by atoms with Crippen molar-refractivity contribution >= 4 is 33.2 Å². The third kappa shape index (κ3) is 4.48. The van der Waals surface area contributed by atoms with Crippen LogP contribution in [0, 0.1) is 19.7 Å². The largest absolute Gasteiger partial charge is 0.481 e. The Morgan fingerprint density at radius 2 is 1.94 bits per heavy atom. The van der Waals surface area contributed by atoms with E-state index in [4.69, 9.17) is 0 Å². The maximum Gasteiger partial charge on any atom is 0.314 e. The van der Waals surface area contributed by atoms with Gasteiger partial charge in [-0.15, -0.1) is 11.3 Å². The number of benzene rings is 2. The van der Waals surface area contributed by atoms with E-state index in [2.05, 4.69) is 35.2 Å². The standard InChI is InChI=1S/C29H30FN3O2S/c1-4-5-19-13-20(6-7-24(19)29(9-10-29)28(34)35)25-15-26(33-16-32-25)31-11-8-22-18(3)36-27-17(2)12-21(30)14-23(22)27/h6-7,12-16H,4-5,8-11H2,1-3H3,(H,34,35)(H,31,32,33). The Kier molecular flexibility index (Phi) is 6.51. The van der Waals surface area contributed by atoms with E-state index in [9.17, 15) is 14.3 Å². The van der Waals surface area contributed by atoms with Crippen LogP contribution in [0.25, 0.3) is 21.3 Å². The molecule has 0 atom stereocenters. The predicted octanol–water partition coefficient (Wildman–Crippen LogP) is 6.84. The van der Waals surface area contributed by atoms with Crippen molar-refractivity contribution in [3.05, 3.63) is 75.7 Å². The number of carbonyl (C=O) groups is 1. The van der Waals surface area contributed by atoms with Gasteiger partial charge in [-0.25, -0.2) is 14.4 Å². The molecule has 36 heavy (non-hydrogen) atoms. The Balaban J connectivity index is 1.35. The van der Waals surface area contributed by atoms with Gasteiger partial charge in [0.25, 0.3) is 0 Å². The maximum absolute atomic E-state index is 14.0. The molecule has 0 amide bonds. The van der Waals surface area contributed by atoms with E-state index in [0.29, 0.717) is 19.4 Å². The molecule has 0 bridgehead atoms. The van der Waals surface area contributed by atoms with Crippen LogP contribution >= 0.6 is 11.3 Å². The van der Waals surface area contributed by atoms with Gasteiger partial charge in [-0.05, 0) is 85.4 Å². The zero-order valence-electron chi connectivity index (χ0n) is 20.8. The van der Waals surface area contributed by atoms with E-state index >= 15 is 0 Å². The van der Waals surface area contributed by atoms with E-state index in [0.717, 1.165) is 63.1 Å². The molecule has 0 aliphatic heterocycles. The van der Waals surface area contributed by atoms with E-state index in [1.807, 2.05) is 25.1 Å². The number of carboxylic acid groups (broad SMARTS) is 1. The number of fused-ring (bicyclic) bond motifs is 1. The number of thiophene rings is 1. The lowest BCUT2D eigenvalue weighted by Crippen LogP contribution is -2.21. The fourth-order valence-corrected chi connectivity index (χ4v) is 6.30. The van der Waals surface area contributed by atoms with Crippen LogP contribution in [0.15, 0.2) is 42.7 Å². The summed E-state index contributed by atoms with van der Waals surface area (Å²) in [5, 5.41) is 14.2. The average molecular weight is 504 g/mol. The molecule has 0 spiro atoms. The van der Waals surface area contributed by atoms with Crippen LogP contribution in [0.4, 0.5) is 10.2 Å². The fourth-order valence-electron chi connectivity index (χ4n) is 5.15. The van der Waals surface area contributed by atoms with Gasteiger partial charge in [0, 0.05) is 27.8 Å². The summed E-state index contributed by atoms with van der Waals surface area (Å²) in [4.78, 5) is 22.0. The van der Waals surface area contributed by atoms with Gasteiger partial charge in [-0.2, -0.15) is 0 Å². The first-order valence-corrected chi connectivity index (χ1v) is 13.3. The van der Waals surface area contributed by atoms with Gasteiger partial charge in [0.2, 0.25) is 0 Å². The molecule has 1 aliphatic carbocycles. The Morgan fingerprint density at radius 1 is 1.14 bits per heavy atom. The van der Waals surface area contributed by atoms with Crippen molar-refractivity contribution in [1.29, 1.82) is 0 Å². The van der Waals surface area contributed by atoms with Crippen LogP contribution in [0.5, 0.6) is 0 Å². The summed E-state index contributed by atoms with van der Waals surface area (Å²) >= 11 is 1.72. The first kappa shape index (κ1) is 24.4. The minimum atomic E-state index is -0.729. The van der Waals surface area contributed by atoms with E-state index < -0.39 is 11.4 Å². The molecule has 2 aromatic carbocycles. The third-order valence-corrected chi connectivity index (χ3v) is 8.49. The minimum Gasteiger partial charge on any atom is -0.481 e. The predicted molar refractivity (Wildman–Crippen MR) is 143 cm³/mol. The number of halogens is 1. The number of nitrogens with one attached hydrogen (secondary N) is 1. The van der Waals surface area contributed by atoms with Crippen LogP contribution in [-0.4, -0.2) is 27.6 Å². The lowest BCUT2D eigenvalue weighted by Gasteiger charge is -2.17. The molecule has 1 saturated carbocycles. The summed E-state index contributed by atoms with van der Waals surface area (Å²) in [5.41, 5.74) is 5.22. The SMILES string of the molecule is CCCc1cc(-c2cc(NCCc3c(C)sc4c(C)cc(F)cc34)ncn2)ccc1C1(C(=O)O)CC1. The van der Waals surface area contributed by atoms with Crippen molar-refractivity contribution in [2.24, 2.45) is 0 Å². The normalized spacial score (nSPS) is 14.2. The van der Waals surface area contributed by atoms with Gasteiger partial charge < -0.3 is 10.4 Å². The van der Waals surface area contributed by atoms with Crippen molar-refractivity contribution in [3.8, 4) is 11.3 Å². The summed E-state index contributed by atoms with van der Waals surface area (Å²) in [6, 6.07) is 11.2. The Hall–Kier alpha value is -3.32. The Morgan fingerprint density at radius 3 is 2.67 bits per heavy atom. The number of hydrogen-bond donors (Lipinski definition) is 2. The van der Waals surface area contributed by atoms with Gasteiger partial charge in [0.1, 0.15) is 18.0 Å². The lowest BCUT2D eigenvalue weighted by molar-refractivity contribution is -0.140. The highest BCUT2D eigenvalue weighted by Gasteiger charge is 2.52. The van der Waals surface area contributed by atoms with Gasteiger partial charge in [-0.3, -0.25) is 4.79 Å². The van der Waals surface area contributed by atoms with Crippen molar-refractivity contribution in [3.63, 3.8) is 0 Å². The molecule has 0 saturated heterocycles. The number of nitrogens with zero attached hydrogens (tertiary/aromatic N) is 2. The van der Waals surface area contributed by atoms with Gasteiger partial charge in [-0.1, -0.05) is 25.5 Å². The summed E-state index contributed by atoms with van der Waals surface area (Å²) in [6.45, 7) is 6.82. The minimum absolute atomic E-state index is 0.197. The zero-order valence-corrected chi connectivity index (χ0v) is 21.6. The summed E-state index contributed by atoms with van der Waals surface area (Å²) in [5.74, 6) is -0.200. The Labute approximate surface area is 214 Å². The number of rotatable bonds is 9. The van der Waals surface area contributed by atoms with E-state index in [1.165, 1.54) is 10.4 Å². The van der Waals surface area contributed by atoms with E-state index in [1.54, 1.807) is 29.8 Å². The first-order valence-electron chi connectivity index (χ1n) is 12.4. The second kappa shape index (κ2) is 9.62. The molecule has 1 aliphatic rings. The van der Waals surface area contributed by atoms with Crippen molar-refractivity contribution in [2.45, 2.75) is 58.3 Å². The van der Waals surface area contributed by atoms with Crippen molar-refractivity contribution in [2.75, 3.05) is 11.9 Å². The quantitative estimate of drug-likeness (QED) is 0.262. The summed E-state index contributed by atoms with van der Waals surface area (Å²) < 4.78 is 15.2. The third-order valence-electron chi connectivity index (χ3n) is 7.19. The molecule has 2 N–H and O–H groups in total. The molecule has 5 rings (SSSR count). The second-order valence-corrected chi connectivity index (χ2v) is 10.9. The zero-order chi connectivity index (χ0) is 25.4. The molecule has 4 aromatic rings. The molecule has 0 radical (unpaired) electrons. The van der Waals surface area contributed by atoms with E-state index in [-0.39, 0.29) is 5.82 Å². The fraction of sp³-hybridized carbons (Fsp3) is 0.345. The monoisotopic (exact) mass is 503 g/mol. The molecular formula is C29H30FN3O2S. The number of aliphatic carboxylic acids is 1. The Bertz CT molecular complexity index is 1460. The highest BCUT2D eigenvalue weighted by atomic mass is 32.1. The van der Waals surface area contributed by atoms with Crippen LogP contribution in [0.2, 0.25) is 0 Å². The van der Waals surface area contributed by atoms with Crippen LogP contribution < -0.4 is 5.32 Å². The number of aryl methyl sites for hydroxylation is 3. The number of aromatic nitrogens is 2. The molecular weight excluding hydrogens is 473 g/mol. The van der Waals surface area contributed by atoms with Gasteiger partial charge in [0.05, 0.1) is 11.1 Å². The van der Waals surface area contributed by atoms with Gasteiger partial charge in [0.15, 0.2) is 0 Å².